The molecular weight excluding hydrogens is 657 g/mol. The van der Waals surface area contributed by atoms with Crippen molar-refractivity contribution in [3.05, 3.63) is 81.6 Å². The molecular formula is C36H45Cl2N3O7. The zero-order valence-electron chi connectivity index (χ0n) is 27.1. The normalized spacial score (nSPS) is 17.8. The third-order valence-electron chi connectivity index (χ3n) is 9.21. The summed E-state index contributed by atoms with van der Waals surface area (Å²) in [6.07, 6.45) is 3.74. The van der Waals surface area contributed by atoms with E-state index in [-0.39, 0.29) is 24.4 Å². The average Bonchev–Trinajstić information content (AvgIpc) is 4.04. The monoisotopic (exact) mass is 701 g/mol. The Hall–Kier alpha value is -2.80. The van der Waals surface area contributed by atoms with Crippen molar-refractivity contribution in [2.24, 2.45) is 0 Å². The Labute approximate surface area is 291 Å². The van der Waals surface area contributed by atoms with Gasteiger partial charge in [0.2, 0.25) is 5.91 Å². The molecule has 2 aliphatic rings. The Kier molecular flexibility index (Phi) is 12.4. The lowest BCUT2D eigenvalue weighted by atomic mass is 9.94. The summed E-state index contributed by atoms with van der Waals surface area (Å²) in [7, 11) is 1.49. The molecule has 0 spiro atoms. The molecule has 48 heavy (non-hydrogen) atoms. The highest BCUT2D eigenvalue weighted by molar-refractivity contribution is 6.34. The number of nitrogens with one attached hydrogen (secondary N) is 1. The van der Waals surface area contributed by atoms with Crippen molar-refractivity contribution in [3.8, 4) is 16.9 Å². The molecule has 1 aromatic heterocycles. The van der Waals surface area contributed by atoms with Crippen LogP contribution in [0.2, 0.25) is 10.0 Å². The number of para-hydroxylation sites is 1. The van der Waals surface area contributed by atoms with Crippen LogP contribution in [0, 0.1) is 0 Å². The summed E-state index contributed by atoms with van der Waals surface area (Å²) in [6.45, 7) is -0.475. The van der Waals surface area contributed by atoms with Crippen molar-refractivity contribution < 1.29 is 35.1 Å². The number of aliphatic hydroxyl groups excluding tert-OH is 5. The molecule has 5 rings (SSSR count). The average molecular weight is 703 g/mol. The summed E-state index contributed by atoms with van der Waals surface area (Å²) in [5.74, 6) is 0.657. The minimum atomic E-state index is -1.74. The Balaban J connectivity index is 1.13. The number of rotatable bonds is 18. The van der Waals surface area contributed by atoms with E-state index < -0.39 is 31.0 Å². The first kappa shape index (κ1) is 36.5. The van der Waals surface area contributed by atoms with Crippen molar-refractivity contribution in [1.29, 1.82) is 0 Å². The number of hydrogen-bond acceptors (Lipinski definition) is 9. The van der Waals surface area contributed by atoms with Gasteiger partial charge in [0.25, 0.3) is 0 Å². The number of hydrogen-bond donors (Lipinski definition) is 6. The van der Waals surface area contributed by atoms with Gasteiger partial charge in [-0.15, -0.1) is 0 Å². The minimum absolute atomic E-state index is 0.212. The highest BCUT2D eigenvalue weighted by Gasteiger charge is 2.46. The molecule has 2 fully saturated rings. The second-order valence-corrected chi connectivity index (χ2v) is 13.8. The molecule has 12 heteroatoms. The van der Waals surface area contributed by atoms with Gasteiger partial charge in [-0.2, -0.15) is 0 Å². The van der Waals surface area contributed by atoms with E-state index >= 15 is 0 Å². The number of benzene rings is 2. The summed E-state index contributed by atoms with van der Waals surface area (Å²) in [5, 5.41) is 53.3. The zero-order chi connectivity index (χ0) is 34.4. The molecule has 2 aliphatic carbocycles. The smallest absolute Gasteiger partial charge is 0.222 e. The van der Waals surface area contributed by atoms with Crippen LogP contribution in [0.25, 0.3) is 11.1 Å². The molecule has 4 atom stereocenters. The van der Waals surface area contributed by atoms with Crippen molar-refractivity contribution in [3.63, 3.8) is 0 Å². The highest BCUT2D eigenvalue weighted by Crippen LogP contribution is 2.50. The minimum Gasteiger partial charge on any atom is -0.490 e. The number of unbranched alkanes of at least 4 members (excludes halogenated alkanes) is 1. The van der Waals surface area contributed by atoms with Gasteiger partial charge in [0.15, 0.2) is 0 Å². The van der Waals surface area contributed by atoms with Gasteiger partial charge >= 0.3 is 0 Å². The van der Waals surface area contributed by atoms with Gasteiger partial charge in [0, 0.05) is 60.1 Å². The van der Waals surface area contributed by atoms with E-state index in [4.69, 9.17) is 33.0 Å². The van der Waals surface area contributed by atoms with Gasteiger partial charge < -0.3 is 40.5 Å². The maximum absolute atomic E-state index is 12.6. The van der Waals surface area contributed by atoms with Crippen molar-refractivity contribution in [2.75, 3.05) is 20.2 Å². The first-order valence-corrected chi connectivity index (χ1v) is 17.3. The van der Waals surface area contributed by atoms with Crippen LogP contribution < -0.4 is 10.1 Å². The van der Waals surface area contributed by atoms with Crippen molar-refractivity contribution in [2.45, 2.75) is 94.0 Å². The second-order valence-electron chi connectivity index (χ2n) is 13.0. The fourth-order valence-electron chi connectivity index (χ4n) is 5.89. The molecule has 260 valence electrons. The number of carbonyl (C=O) groups excluding carboxylic acids is 1. The van der Waals surface area contributed by atoms with Gasteiger partial charge in [0.1, 0.15) is 30.2 Å². The van der Waals surface area contributed by atoms with E-state index in [1.165, 1.54) is 11.9 Å². The number of likely N-dealkylation sites (N-methyl/N-ethyl adjacent to an activating group) is 1. The SMILES string of the molecule is CN(CC(O)C(O)C(O)C(O)CO)C(=O)CCCCc1cc(Cl)c(CNC2(c3cnccc3-c3ccccc3OC3CC3)CC2)cc1Cl. The molecule has 0 saturated heterocycles. The molecule has 3 aromatic rings. The van der Waals surface area contributed by atoms with Gasteiger partial charge in [-0.25, -0.2) is 0 Å². The quantitative estimate of drug-likeness (QED) is 0.108. The van der Waals surface area contributed by atoms with E-state index in [2.05, 4.69) is 22.4 Å². The van der Waals surface area contributed by atoms with E-state index in [0.717, 1.165) is 59.3 Å². The zero-order valence-corrected chi connectivity index (χ0v) is 28.6. The topological polar surface area (TPSA) is 156 Å². The number of carbonyl (C=O) groups is 1. The van der Waals surface area contributed by atoms with Crippen LogP contribution in [-0.2, 0) is 23.3 Å². The van der Waals surface area contributed by atoms with Gasteiger partial charge in [-0.05, 0) is 91.5 Å². The van der Waals surface area contributed by atoms with Crippen LogP contribution in [0.1, 0.15) is 61.6 Å². The number of ether oxygens (including phenoxy) is 1. The number of nitrogens with zero attached hydrogens (tertiary/aromatic N) is 2. The van der Waals surface area contributed by atoms with Crippen LogP contribution in [0.4, 0.5) is 0 Å². The molecule has 4 unspecified atom stereocenters. The number of halogens is 2. The summed E-state index contributed by atoms with van der Waals surface area (Å²) >= 11 is 13.4. The van der Waals surface area contributed by atoms with Gasteiger partial charge in [0.05, 0.1) is 12.7 Å². The maximum atomic E-state index is 12.6. The predicted octanol–water partition coefficient (Wildman–Crippen LogP) is 3.98. The Morgan fingerprint density at radius 3 is 2.40 bits per heavy atom. The van der Waals surface area contributed by atoms with Crippen LogP contribution in [0.5, 0.6) is 5.75 Å². The van der Waals surface area contributed by atoms with E-state index in [9.17, 15) is 25.2 Å². The van der Waals surface area contributed by atoms with Gasteiger partial charge in [-0.1, -0.05) is 41.4 Å². The van der Waals surface area contributed by atoms with Gasteiger partial charge in [-0.3, -0.25) is 9.78 Å². The summed E-state index contributed by atoms with van der Waals surface area (Å²) in [6, 6.07) is 14.0. The van der Waals surface area contributed by atoms with Crippen LogP contribution in [0.15, 0.2) is 54.9 Å². The summed E-state index contributed by atoms with van der Waals surface area (Å²) in [5.41, 5.74) is 4.89. The summed E-state index contributed by atoms with van der Waals surface area (Å²) < 4.78 is 6.23. The molecule has 1 amide bonds. The maximum Gasteiger partial charge on any atom is 0.222 e. The lowest BCUT2D eigenvalue weighted by Gasteiger charge is -2.28. The Morgan fingerprint density at radius 2 is 1.69 bits per heavy atom. The van der Waals surface area contributed by atoms with Crippen LogP contribution in [-0.4, -0.2) is 92.0 Å². The first-order chi connectivity index (χ1) is 23.0. The molecule has 1 heterocycles. The lowest BCUT2D eigenvalue weighted by molar-refractivity contribution is -0.138. The molecule has 0 bridgehead atoms. The van der Waals surface area contributed by atoms with E-state index in [1.54, 1.807) is 0 Å². The first-order valence-electron chi connectivity index (χ1n) is 16.5. The second kappa shape index (κ2) is 16.3. The molecule has 0 aliphatic heterocycles. The van der Waals surface area contributed by atoms with E-state index in [0.29, 0.717) is 42.0 Å². The number of aliphatic hydroxyl groups is 5. The molecule has 0 radical (unpaired) electrons. The number of amides is 1. The largest absolute Gasteiger partial charge is 0.490 e. The van der Waals surface area contributed by atoms with E-state index in [1.807, 2.05) is 42.7 Å². The number of pyridine rings is 1. The van der Waals surface area contributed by atoms with Crippen molar-refractivity contribution in [1.82, 2.24) is 15.2 Å². The molecule has 2 saturated carbocycles. The number of aromatic nitrogens is 1. The standard InChI is InChI=1S/C36H45Cl2N3O7/c1-41(20-30(43)34(46)35(47)31(44)21-42)33(45)9-5-2-6-22-16-29(38)23(17-28(22)37)18-40-36(13-14-36)27-19-39-15-12-25(27)26-7-3-4-8-32(26)48-24-10-11-24/h3-4,7-8,12,15-17,19,24,30-31,34-35,40,42-44,46-47H,2,5-6,9-11,13-14,18,20-21H2,1H3. The third-order valence-corrected chi connectivity index (χ3v) is 9.92. The Bertz CT molecular complexity index is 1550. The summed E-state index contributed by atoms with van der Waals surface area (Å²) in [4.78, 5) is 18.3. The van der Waals surface area contributed by atoms with Crippen LogP contribution in [0.3, 0.4) is 0 Å². The molecule has 2 aromatic carbocycles. The molecule has 6 N–H and O–H groups in total. The predicted molar refractivity (Wildman–Crippen MR) is 184 cm³/mol. The fraction of sp³-hybridized carbons (Fsp3) is 0.500. The van der Waals surface area contributed by atoms with Crippen LogP contribution >= 0.6 is 23.2 Å². The number of aryl methyl sites for hydroxylation is 1. The Morgan fingerprint density at radius 1 is 1.00 bits per heavy atom. The lowest BCUT2D eigenvalue weighted by Crippen LogP contribution is -2.49. The van der Waals surface area contributed by atoms with Crippen molar-refractivity contribution >= 4 is 29.1 Å². The third kappa shape index (κ3) is 9.05. The highest BCUT2D eigenvalue weighted by atomic mass is 35.5. The molecule has 10 nitrogen and oxygen atoms in total. The fourth-order valence-corrected chi connectivity index (χ4v) is 6.43.